The SMILES string of the molecule is [B]c1ccnc(-c2nnc(C)o2)c1. The molecule has 0 N–H and O–H groups in total. The molecule has 0 amide bonds. The second kappa shape index (κ2) is 3.01. The average molecular weight is 171 g/mol. The van der Waals surface area contributed by atoms with E-state index in [0.717, 1.165) is 0 Å². The summed E-state index contributed by atoms with van der Waals surface area (Å²) in [6.45, 7) is 1.72. The van der Waals surface area contributed by atoms with Crippen LogP contribution in [0.25, 0.3) is 11.6 Å². The molecule has 62 valence electrons. The van der Waals surface area contributed by atoms with Crippen LogP contribution in [0.15, 0.2) is 22.7 Å². The summed E-state index contributed by atoms with van der Waals surface area (Å²) in [5, 5.41) is 7.52. The first-order valence-corrected chi connectivity index (χ1v) is 3.78. The average Bonchev–Trinajstić information content (AvgIpc) is 2.52. The summed E-state index contributed by atoms with van der Waals surface area (Å²) >= 11 is 0. The summed E-state index contributed by atoms with van der Waals surface area (Å²) in [7, 11) is 5.57. The van der Waals surface area contributed by atoms with Gasteiger partial charge in [-0.2, -0.15) is 0 Å². The minimum Gasteiger partial charge on any atom is -0.420 e. The molecule has 2 aromatic heterocycles. The van der Waals surface area contributed by atoms with Gasteiger partial charge >= 0.3 is 0 Å². The van der Waals surface area contributed by atoms with Crippen LogP contribution in [0, 0.1) is 6.92 Å². The first kappa shape index (κ1) is 7.98. The molecule has 0 aromatic carbocycles. The van der Waals surface area contributed by atoms with Crippen LogP contribution in [0.1, 0.15) is 5.89 Å². The van der Waals surface area contributed by atoms with Crippen molar-refractivity contribution < 1.29 is 4.42 Å². The van der Waals surface area contributed by atoms with Crippen molar-refractivity contribution in [2.45, 2.75) is 6.92 Å². The zero-order valence-corrected chi connectivity index (χ0v) is 7.06. The van der Waals surface area contributed by atoms with E-state index in [9.17, 15) is 0 Å². The zero-order chi connectivity index (χ0) is 9.26. The third-order valence-corrected chi connectivity index (χ3v) is 1.53. The van der Waals surface area contributed by atoms with Crippen molar-refractivity contribution in [1.29, 1.82) is 0 Å². The molecular formula is C8H6BN3O. The molecule has 0 saturated carbocycles. The molecule has 0 bridgehead atoms. The number of pyridine rings is 1. The predicted molar refractivity (Wildman–Crippen MR) is 47.7 cm³/mol. The molecule has 0 aliphatic heterocycles. The van der Waals surface area contributed by atoms with Gasteiger partial charge in [-0.1, -0.05) is 11.5 Å². The second-order valence-corrected chi connectivity index (χ2v) is 2.60. The van der Waals surface area contributed by atoms with Crippen LogP contribution in [-0.2, 0) is 0 Å². The predicted octanol–water partition coefficient (Wildman–Crippen LogP) is 0.234. The summed E-state index contributed by atoms with van der Waals surface area (Å²) in [4.78, 5) is 4.05. The standard InChI is InChI=1S/C8H6BN3O/c1-5-11-12-8(13-5)7-4-6(9)2-3-10-7/h2-4H,1H3. The highest BCUT2D eigenvalue weighted by Gasteiger charge is 2.05. The molecule has 2 aromatic rings. The fourth-order valence-corrected chi connectivity index (χ4v) is 0.964. The fraction of sp³-hybridized carbons (Fsp3) is 0.125. The Kier molecular flexibility index (Phi) is 1.85. The van der Waals surface area contributed by atoms with Crippen molar-refractivity contribution >= 4 is 13.3 Å². The lowest BCUT2D eigenvalue weighted by atomic mass is 9.97. The number of hydrogen-bond acceptors (Lipinski definition) is 4. The molecule has 0 saturated heterocycles. The summed E-state index contributed by atoms with van der Waals surface area (Å²) in [5.41, 5.74) is 1.22. The number of nitrogens with zero attached hydrogens (tertiary/aromatic N) is 3. The van der Waals surface area contributed by atoms with Crippen LogP contribution in [0.5, 0.6) is 0 Å². The van der Waals surface area contributed by atoms with Gasteiger partial charge in [-0.05, 0) is 6.07 Å². The Hall–Kier alpha value is -1.65. The summed E-state index contributed by atoms with van der Waals surface area (Å²) in [5.74, 6) is 0.907. The lowest BCUT2D eigenvalue weighted by molar-refractivity contribution is 0.531. The van der Waals surface area contributed by atoms with E-state index in [2.05, 4.69) is 15.2 Å². The van der Waals surface area contributed by atoms with Crippen LogP contribution in [-0.4, -0.2) is 23.0 Å². The molecule has 5 heteroatoms. The number of hydrogen-bond donors (Lipinski definition) is 0. The summed E-state index contributed by atoms with van der Waals surface area (Å²) < 4.78 is 5.18. The van der Waals surface area contributed by atoms with E-state index in [1.165, 1.54) is 0 Å². The van der Waals surface area contributed by atoms with Crippen molar-refractivity contribution in [3.63, 3.8) is 0 Å². The second-order valence-electron chi connectivity index (χ2n) is 2.60. The van der Waals surface area contributed by atoms with Gasteiger partial charge in [-0.25, -0.2) is 0 Å². The van der Waals surface area contributed by atoms with Crippen LogP contribution in [0.2, 0.25) is 0 Å². The minimum absolute atomic E-state index is 0.393. The Morgan fingerprint density at radius 2 is 2.23 bits per heavy atom. The first-order chi connectivity index (χ1) is 6.25. The van der Waals surface area contributed by atoms with Gasteiger partial charge in [0.25, 0.3) is 5.89 Å². The largest absolute Gasteiger partial charge is 0.420 e. The van der Waals surface area contributed by atoms with Crippen molar-refractivity contribution in [2.75, 3.05) is 0 Å². The molecule has 2 radical (unpaired) electrons. The van der Waals surface area contributed by atoms with Gasteiger partial charge in [-0.15, -0.1) is 10.2 Å². The molecule has 13 heavy (non-hydrogen) atoms. The van der Waals surface area contributed by atoms with Gasteiger partial charge in [0.05, 0.1) is 0 Å². The topological polar surface area (TPSA) is 51.8 Å². The smallest absolute Gasteiger partial charge is 0.266 e. The lowest BCUT2D eigenvalue weighted by Crippen LogP contribution is -2.02. The number of aromatic nitrogens is 3. The maximum absolute atomic E-state index is 5.57. The van der Waals surface area contributed by atoms with E-state index in [1.807, 2.05) is 0 Å². The maximum Gasteiger partial charge on any atom is 0.266 e. The lowest BCUT2D eigenvalue weighted by Gasteiger charge is -1.94. The molecule has 0 atom stereocenters. The molecule has 0 fully saturated rings. The summed E-state index contributed by atoms with van der Waals surface area (Å²) in [6, 6.07) is 3.39. The molecule has 0 spiro atoms. The molecular weight excluding hydrogens is 165 g/mol. The minimum atomic E-state index is 0.393. The molecule has 2 rings (SSSR count). The highest BCUT2D eigenvalue weighted by atomic mass is 16.4. The van der Waals surface area contributed by atoms with E-state index < -0.39 is 0 Å². The maximum atomic E-state index is 5.57. The highest BCUT2D eigenvalue weighted by Crippen LogP contribution is 2.12. The van der Waals surface area contributed by atoms with Gasteiger partial charge in [-0.3, -0.25) is 4.98 Å². The van der Waals surface area contributed by atoms with Gasteiger partial charge in [0.15, 0.2) is 0 Å². The molecule has 0 aliphatic rings. The number of rotatable bonds is 1. The van der Waals surface area contributed by atoms with Crippen LogP contribution >= 0.6 is 0 Å². The van der Waals surface area contributed by atoms with E-state index >= 15 is 0 Å². The number of aryl methyl sites for hydroxylation is 1. The Morgan fingerprint density at radius 1 is 1.38 bits per heavy atom. The van der Waals surface area contributed by atoms with Gasteiger partial charge < -0.3 is 4.42 Å². The van der Waals surface area contributed by atoms with E-state index in [1.54, 1.807) is 25.3 Å². The Morgan fingerprint density at radius 3 is 2.85 bits per heavy atom. The van der Waals surface area contributed by atoms with Crippen molar-refractivity contribution in [3.05, 3.63) is 24.2 Å². The third-order valence-electron chi connectivity index (χ3n) is 1.53. The van der Waals surface area contributed by atoms with Gasteiger partial charge in [0.2, 0.25) is 5.89 Å². The van der Waals surface area contributed by atoms with Crippen LogP contribution in [0.3, 0.4) is 0 Å². The zero-order valence-electron chi connectivity index (χ0n) is 7.06. The molecule has 0 aliphatic carbocycles. The highest BCUT2D eigenvalue weighted by molar-refractivity contribution is 6.32. The third kappa shape index (κ3) is 1.59. The van der Waals surface area contributed by atoms with E-state index in [-0.39, 0.29) is 0 Å². The van der Waals surface area contributed by atoms with Crippen LogP contribution in [0.4, 0.5) is 0 Å². The Balaban J connectivity index is 2.46. The first-order valence-electron chi connectivity index (χ1n) is 3.78. The Labute approximate surface area is 76.4 Å². The van der Waals surface area contributed by atoms with Crippen molar-refractivity contribution in [2.24, 2.45) is 0 Å². The normalized spacial score (nSPS) is 10.2. The fourth-order valence-electron chi connectivity index (χ4n) is 0.964. The quantitative estimate of drug-likeness (QED) is 0.576. The summed E-state index contributed by atoms with van der Waals surface area (Å²) in [6.07, 6.45) is 1.60. The van der Waals surface area contributed by atoms with E-state index in [4.69, 9.17) is 12.3 Å². The van der Waals surface area contributed by atoms with Crippen LogP contribution < -0.4 is 5.46 Å². The van der Waals surface area contributed by atoms with E-state index in [0.29, 0.717) is 22.9 Å². The molecule has 0 unspecified atom stereocenters. The van der Waals surface area contributed by atoms with Gasteiger partial charge in [0, 0.05) is 13.1 Å². The monoisotopic (exact) mass is 171 g/mol. The molecule has 4 nitrogen and oxygen atoms in total. The Bertz CT molecular complexity index is 427. The van der Waals surface area contributed by atoms with Crippen molar-refractivity contribution in [3.8, 4) is 11.6 Å². The molecule has 2 heterocycles. The van der Waals surface area contributed by atoms with Gasteiger partial charge in [0.1, 0.15) is 13.5 Å². The van der Waals surface area contributed by atoms with Crippen molar-refractivity contribution in [1.82, 2.24) is 15.2 Å².